The summed E-state index contributed by atoms with van der Waals surface area (Å²) in [6.07, 6.45) is 3.73. The Morgan fingerprint density at radius 1 is 1.18 bits per heavy atom. The van der Waals surface area contributed by atoms with Gasteiger partial charge >= 0.3 is 6.03 Å². The predicted molar refractivity (Wildman–Crippen MR) is 89.7 cm³/mol. The van der Waals surface area contributed by atoms with Crippen molar-refractivity contribution < 1.29 is 9.59 Å². The van der Waals surface area contributed by atoms with Gasteiger partial charge in [0, 0.05) is 15.1 Å². The SMILES string of the molecule is CCc1cncc(NC(=O)NC(=O)c2c(Br)cccc2Br)n1. The number of aryl methyl sites for hydroxylation is 1. The van der Waals surface area contributed by atoms with Crippen LogP contribution in [0.2, 0.25) is 0 Å². The van der Waals surface area contributed by atoms with Gasteiger partial charge in [-0.05, 0) is 50.4 Å². The number of imide groups is 1. The van der Waals surface area contributed by atoms with Gasteiger partial charge in [-0.2, -0.15) is 0 Å². The maximum Gasteiger partial charge on any atom is 0.327 e. The molecule has 0 aliphatic rings. The molecule has 0 bridgehead atoms. The second kappa shape index (κ2) is 7.46. The number of anilines is 1. The van der Waals surface area contributed by atoms with Crippen molar-refractivity contribution in [3.05, 3.63) is 50.8 Å². The molecule has 1 heterocycles. The van der Waals surface area contributed by atoms with Crippen LogP contribution < -0.4 is 10.6 Å². The van der Waals surface area contributed by atoms with Gasteiger partial charge in [0.05, 0.1) is 17.5 Å². The number of carbonyl (C=O) groups excluding carboxylic acids is 2. The van der Waals surface area contributed by atoms with Gasteiger partial charge in [-0.3, -0.25) is 20.4 Å². The first-order chi connectivity index (χ1) is 10.5. The number of rotatable bonds is 3. The molecule has 0 aliphatic carbocycles. The van der Waals surface area contributed by atoms with Gasteiger partial charge in [0.25, 0.3) is 5.91 Å². The summed E-state index contributed by atoms with van der Waals surface area (Å²) in [7, 11) is 0. The molecule has 2 aromatic rings. The molecule has 0 unspecified atom stereocenters. The van der Waals surface area contributed by atoms with Crippen LogP contribution in [0.3, 0.4) is 0 Å². The van der Waals surface area contributed by atoms with Crippen molar-refractivity contribution >= 4 is 49.6 Å². The van der Waals surface area contributed by atoms with E-state index in [0.717, 1.165) is 5.69 Å². The molecular weight excluding hydrogens is 416 g/mol. The standard InChI is InChI=1S/C14H12Br2N4O2/c1-2-8-6-17-7-11(18-8)19-14(22)20-13(21)12-9(15)4-3-5-10(12)16/h3-7H,2H2,1H3,(H2,18,19,20,21,22). The summed E-state index contributed by atoms with van der Waals surface area (Å²) in [5, 5.41) is 4.73. The Bertz CT molecular complexity index is 701. The number of halogens is 2. The third-order valence-corrected chi connectivity index (χ3v) is 4.03. The van der Waals surface area contributed by atoms with Crippen molar-refractivity contribution in [2.24, 2.45) is 0 Å². The fraction of sp³-hybridized carbons (Fsp3) is 0.143. The monoisotopic (exact) mass is 426 g/mol. The molecule has 2 rings (SSSR count). The fourth-order valence-electron chi connectivity index (χ4n) is 1.66. The first-order valence-corrected chi connectivity index (χ1v) is 7.97. The van der Waals surface area contributed by atoms with Crippen molar-refractivity contribution in [1.82, 2.24) is 15.3 Å². The third-order valence-electron chi connectivity index (χ3n) is 2.71. The molecule has 22 heavy (non-hydrogen) atoms. The Morgan fingerprint density at radius 2 is 1.86 bits per heavy atom. The fourth-order valence-corrected chi connectivity index (χ4v) is 3.02. The number of hydrogen-bond acceptors (Lipinski definition) is 4. The zero-order chi connectivity index (χ0) is 16.1. The maximum atomic E-state index is 12.1. The number of amides is 3. The van der Waals surface area contributed by atoms with Crippen LogP contribution in [-0.4, -0.2) is 21.9 Å². The van der Waals surface area contributed by atoms with E-state index in [0.29, 0.717) is 20.9 Å². The summed E-state index contributed by atoms with van der Waals surface area (Å²) in [5.41, 5.74) is 1.09. The van der Waals surface area contributed by atoms with E-state index in [1.165, 1.54) is 6.20 Å². The summed E-state index contributed by atoms with van der Waals surface area (Å²) in [6, 6.07) is 4.54. The molecule has 0 fully saturated rings. The van der Waals surface area contributed by atoms with Crippen molar-refractivity contribution in [3.8, 4) is 0 Å². The first-order valence-electron chi connectivity index (χ1n) is 6.38. The smallest absolute Gasteiger partial charge is 0.291 e. The molecule has 0 spiro atoms. The summed E-state index contributed by atoms with van der Waals surface area (Å²) in [5.74, 6) is -0.243. The largest absolute Gasteiger partial charge is 0.327 e. The highest BCUT2D eigenvalue weighted by Gasteiger charge is 2.16. The highest BCUT2D eigenvalue weighted by molar-refractivity contribution is 9.11. The minimum Gasteiger partial charge on any atom is -0.291 e. The van der Waals surface area contributed by atoms with Crippen molar-refractivity contribution in [2.75, 3.05) is 5.32 Å². The van der Waals surface area contributed by atoms with Crippen molar-refractivity contribution in [3.63, 3.8) is 0 Å². The van der Waals surface area contributed by atoms with E-state index in [1.807, 2.05) is 6.92 Å². The lowest BCUT2D eigenvalue weighted by Gasteiger charge is -2.09. The molecule has 3 amide bonds. The van der Waals surface area contributed by atoms with Crippen LogP contribution in [0.5, 0.6) is 0 Å². The van der Waals surface area contributed by atoms with Crippen LogP contribution in [0.1, 0.15) is 23.0 Å². The molecule has 1 aromatic heterocycles. The summed E-state index contributed by atoms with van der Waals surface area (Å²) in [4.78, 5) is 32.2. The van der Waals surface area contributed by atoms with Gasteiger partial charge in [0.2, 0.25) is 0 Å². The number of hydrogen-bond donors (Lipinski definition) is 2. The predicted octanol–water partition coefficient (Wildman–Crippen LogP) is 3.53. The minimum atomic E-state index is -0.671. The second-order valence-electron chi connectivity index (χ2n) is 4.25. The molecule has 8 heteroatoms. The van der Waals surface area contributed by atoms with E-state index in [2.05, 4.69) is 52.5 Å². The maximum absolute atomic E-state index is 12.1. The van der Waals surface area contributed by atoms with E-state index in [9.17, 15) is 9.59 Å². The number of carbonyl (C=O) groups is 2. The van der Waals surface area contributed by atoms with Gasteiger partial charge in [-0.1, -0.05) is 13.0 Å². The molecule has 2 N–H and O–H groups in total. The van der Waals surface area contributed by atoms with Gasteiger partial charge < -0.3 is 0 Å². The average Bonchev–Trinajstić information content (AvgIpc) is 2.47. The molecule has 0 atom stereocenters. The summed E-state index contributed by atoms with van der Waals surface area (Å²) >= 11 is 6.56. The number of aromatic nitrogens is 2. The zero-order valence-corrected chi connectivity index (χ0v) is 14.7. The Hall–Kier alpha value is -1.80. The lowest BCUT2D eigenvalue weighted by molar-refractivity contribution is 0.0965. The Balaban J connectivity index is 2.07. The number of benzene rings is 1. The van der Waals surface area contributed by atoms with Crippen molar-refractivity contribution in [2.45, 2.75) is 13.3 Å². The number of urea groups is 1. The van der Waals surface area contributed by atoms with Gasteiger partial charge in [-0.25, -0.2) is 9.78 Å². The highest BCUT2D eigenvalue weighted by atomic mass is 79.9. The topological polar surface area (TPSA) is 84.0 Å². The normalized spacial score (nSPS) is 10.1. The zero-order valence-electron chi connectivity index (χ0n) is 11.6. The molecule has 6 nitrogen and oxygen atoms in total. The van der Waals surface area contributed by atoms with Crippen molar-refractivity contribution in [1.29, 1.82) is 0 Å². The van der Waals surface area contributed by atoms with Gasteiger partial charge in [0.15, 0.2) is 5.82 Å². The molecule has 0 radical (unpaired) electrons. The van der Waals surface area contributed by atoms with Crippen LogP contribution in [-0.2, 0) is 6.42 Å². The van der Waals surface area contributed by atoms with Crippen LogP contribution in [0, 0.1) is 0 Å². The van der Waals surface area contributed by atoms with Gasteiger partial charge in [0.1, 0.15) is 0 Å². The van der Waals surface area contributed by atoms with Crippen LogP contribution in [0.15, 0.2) is 39.5 Å². The molecule has 0 saturated carbocycles. The quantitative estimate of drug-likeness (QED) is 0.784. The lowest BCUT2D eigenvalue weighted by atomic mass is 10.2. The lowest BCUT2D eigenvalue weighted by Crippen LogP contribution is -2.35. The number of nitrogens with one attached hydrogen (secondary N) is 2. The van der Waals surface area contributed by atoms with Crippen LogP contribution >= 0.6 is 31.9 Å². The van der Waals surface area contributed by atoms with E-state index in [-0.39, 0.29) is 5.82 Å². The Kier molecular flexibility index (Phi) is 5.62. The van der Waals surface area contributed by atoms with E-state index < -0.39 is 11.9 Å². The molecule has 114 valence electrons. The summed E-state index contributed by atoms with van der Waals surface area (Å²) in [6.45, 7) is 1.93. The Morgan fingerprint density at radius 3 is 2.50 bits per heavy atom. The highest BCUT2D eigenvalue weighted by Crippen LogP contribution is 2.24. The molecule has 0 aliphatic heterocycles. The average molecular weight is 428 g/mol. The Labute approximate surface area is 144 Å². The third kappa shape index (κ3) is 4.11. The molecular formula is C14H12Br2N4O2. The minimum absolute atomic E-state index is 0.288. The molecule has 1 aromatic carbocycles. The number of nitrogens with zero attached hydrogens (tertiary/aromatic N) is 2. The summed E-state index contributed by atoms with van der Waals surface area (Å²) < 4.78 is 1.17. The second-order valence-corrected chi connectivity index (χ2v) is 5.96. The van der Waals surface area contributed by atoms with E-state index >= 15 is 0 Å². The van der Waals surface area contributed by atoms with E-state index in [4.69, 9.17) is 0 Å². The van der Waals surface area contributed by atoms with E-state index in [1.54, 1.807) is 24.4 Å². The first kappa shape index (κ1) is 16.6. The van der Waals surface area contributed by atoms with Gasteiger partial charge in [-0.15, -0.1) is 0 Å². The molecule has 0 saturated heterocycles. The van der Waals surface area contributed by atoms with Crippen LogP contribution in [0.25, 0.3) is 0 Å². The van der Waals surface area contributed by atoms with Crippen LogP contribution in [0.4, 0.5) is 10.6 Å².